The van der Waals surface area contributed by atoms with Gasteiger partial charge in [-0.15, -0.1) is 0 Å². The number of likely N-dealkylation sites (tertiary alicyclic amines) is 1. The highest BCUT2D eigenvalue weighted by Gasteiger charge is 2.35. The summed E-state index contributed by atoms with van der Waals surface area (Å²) in [5.41, 5.74) is 0. The number of carbonyl (C=O) groups excluding carboxylic acids is 1. The van der Waals surface area contributed by atoms with Crippen molar-refractivity contribution in [1.29, 1.82) is 0 Å². The van der Waals surface area contributed by atoms with Crippen LogP contribution in [0.15, 0.2) is 0 Å². The van der Waals surface area contributed by atoms with Gasteiger partial charge in [0.25, 0.3) is 0 Å². The standard InChI is InChI=1S/C14H25N3O3/c1-10(13(18)19)5-7-15-14(20)17-8-6-11-3-4-12(9-17)16(11)2/h10-12H,3-9H2,1-2H3,(H,15,20)(H,18,19). The van der Waals surface area contributed by atoms with E-state index in [0.29, 0.717) is 25.0 Å². The molecule has 3 atom stereocenters. The fraction of sp³-hybridized carbons (Fsp3) is 0.857. The van der Waals surface area contributed by atoms with Gasteiger partial charge in [0.15, 0.2) is 0 Å². The molecule has 2 aliphatic heterocycles. The van der Waals surface area contributed by atoms with Crippen molar-refractivity contribution < 1.29 is 14.7 Å². The van der Waals surface area contributed by atoms with Gasteiger partial charge >= 0.3 is 12.0 Å². The number of likely N-dealkylation sites (N-methyl/N-ethyl adjacent to an activating group) is 1. The largest absolute Gasteiger partial charge is 0.481 e. The molecule has 6 heteroatoms. The van der Waals surface area contributed by atoms with Crippen molar-refractivity contribution in [3.63, 3.8) is 0 Å². The van der Waals surface area contributed by atoms with E-state index >= 15 is 0 Å². The first kappa shape index (κ1) is 15.1. The Balaban J connectivity index is 1.77. The Morgan fingerprint density at radius 2 is 2.00 bits per heavy atom. The van der Waals surface area contributed by atoms with E-state index < -0.39 is 11.9 Å². The summed E-state index contributed by atoms with van der Waals surface area (Å²) in [5.74, 6) is -1.23. The summed E-state index contributed by atoms with van der Waals surface area (Å²) >= 11 is 0. The van der Waals surface area contributed by atoms with E-state index in [4.69, 9.17) is 5.11 Å². The van der Waals surface area contributed by atoms with Gasteiger partial charge in [-0.2, -0.15) is 0 Å². The number of nitrogens with zero attached hydrogens (tertiary/aromatic N) is 2. The fourth-order valence-electron chi connectivity index (χ4n) is 3.12. The Hall–Kier alpha value is -1.30. The number of hydrogen-bond donors (Lipinski definition) is 2. The topological polar surface area (TPSA) is 72.9 Å². The van der Waals surface area contributed by atoms with Gasteiger partial charge in [-0.1, -0.05) is 6.92 Å². The first-order valence-electron chi connectivity index (χ1n) is 7.46. The maximum atomic E-state index is 12.1. The smallest absolute Gasteiger partial charge is 0.317 e. The molecule has 0 aromatic heterocycles. The second kappa shape index (κ2) is 6.43. The number of nitrogens with one attached hydrogen (secondary N) is 1. The van der Waals surface area contributed by atoms with Crippen LogP contribution in [0.3, 0.4) is 0 Å². The van der Waals surface area contributed by atoms with Gasteiger partial charge in [0.1, 0.15) is 0 Å². The van der Waals surface area contributed by atoms with E-state index in [-0.39, 0.29) is 6.03 Å². The summed E-state index contributed by atoms with van der Waals surface area (Å²) in [4.78, 5) is 27.1. The summed E-state index contributed by atoms with van der Waals surface area (Å²) in [6, 6.07) is 1.04. The number of urea groups is 1. The zero-order valence-electron chi connectivity index (χ0n) is 12.3. The highest BCUT2D eigenvalue weighted by atomic mass is 16.4. The average molecular weight is 283 g/mol. The average Bonchev–Trinajstić information content (AvgIpc) is 2.62. The molecule has 114 valence electrons. The van der Waals surface area contributed by atoms with Crippen molar-refractivity contribution in [2.45, 2.75) is 44.7 Å². The number of carboxylic acids is 1. The maximum Gasteiger partial charge on any atom is 0.317 e. The highest BCUT2D eigenvalue weighted by Crippen LogP contribution is 2.28. The van der Waals surface area contributed by atoms with Crippen molar-refractivity contribution in [1.82, 2.24) is 15.1 Å². The molecule has 2 saturated heterocycles. The molecule has 20 heavy (non-hydrogen) atoms. The van der Waals surface area contributed by atoms with Crippen LogP contribution in [0.1, 0.15) is 32.6 Å². The third kappa shape index (κ3) is 3.42. The first-order valence-corrected chi connectivity index (χ1v) is 7.46. The lowest BCUT2D eigenvalue weighted by molar-refractivity contribution is -0.141. The van der Waals surface area contributed by atoms with E-state index in [2.05, 4.69) is 17.3 Å². The second-order valence-electron chi connectivity index (χ2n) is 6.05. The molecule has 0 aliphatic carbocycles. The van der Waals surface area contributed by atoms with Gasteiger partial charge in [-0.05, 0) is 32.7 Å². The van der Waals surface area contributed by atoms with Gasteiger partial charge in [0.05, 0.1) is 5.92 Å². The molecule has 0 spiro atoms. The minimum absolute atomic E-state index is 0.0523. The number of rotatable bonds is 4. The lowest BCUT2D eigenvalue weighted by atomic mass is 10.1. The molecule has 2 aliphatic rings. The molecule has 2 N–H and O–H groups in total. The zero-order chi connectivity index (χ0) is 14.7. The molecule has 3 unspecified atom stereocenters. The van der Waals surface area contributed by atoms with Crippen LogP contribution in [-0.4, -0.2) is 65.7 Å². The van der Waals surface area contributed by atoms with Crippen molar-refractivity contribution in [2.75, 3.05) is 26.7 Å². The third-order valence-electron chi connectivity index (χ3n) is 4.71. The molecule has 6 nitrogen and oxygen atoms in total. The SMILES string of the molecule is CC(CCNC(=O)N1CCC2CCC(C1)N2C)C(=O)O. The number of fused-ring (bicyclic) bond motifs is 2. The molecule has 0 aromatic rings. The fourth-order valence-corrected chi connectivity index (χ4v) is 3.12. The van der Waals surface area contributed by atoms with Gasteiger partial charge in [-0.25, -0.2) is 4.79 Å². The van der Waals surface area contributed by atoms with Crippen LogP contribution in [0, 0.1) is 5.92 Å². The molecule has 0 aromatic carbocycles. The number of amides is 2. The van der Waals surface area contributed by atoms with Crippen LogP contribution in [0.25, 0.3) is 0 Å². The zero-order valence-corrected chi connectivity index (χ0v) is 12.3. The van der Waals surface area contributed by atoms with Crippen molar-refractivity contribution >= 4 is 12.0 Å². The Labute approximate surface area is 120 Å². The Bertz CT molecular complexity index is 375. The summed E-state index contributed by atoms with van der Waals surface area (Å²) in [6.07, 6.45) is 3.92. The number of hydrogen-bond acceptors (Lipinski definition) is 3. The summed E-state index contributed by atoms with van der Waals surface area (Å²) in [5, 5.41) is 11.7. The predicted octanol–water partition coefficient (Wildman–Crippen LogP) is 0.975. The predicted molar refractivity (Wildman–Crippen MR) is 75.6 cm³/mol. The molecule has 0 saturated carbocycles. The summed E-state index contributed by atoms with van der Waals surface area (Å²) in [6.45, 7) is 3.67. The monoisotopic (exact) mass is 283 g/mol. The second-order valence-corrected chi connectivity index (χ2v) is 6.05. The molecule has 2 rings (SSSR count). The van der Waals surface area contributed by atoms with Crippen LogP contribution in [0.4, 0.5) is 4.79 Å². The summed E-state index contributed by atoms with van der Waals surface area (Å²) in [7, 11) is 2.15. The maximum absolute atomic E-state index is 12.1. The van der Waals surface area contributed by atoms with Gasteiger partial charge in [-0.3, -0.25) is 9.69 Å². The molecule has 0 radical (unpaired) electrons. The Morgan fingerprint density at radius 1 is 1.30 bits per heavy atom. The first-order chi connectivity index (χ1) is 9.49. The van der Waals surface area contributed by atoms with E-state index in [9.17, 15) is 9.59 Å². The molecule has 2 amide bonds. The quantitative estimate of drug-likeness (QED) is 0.806. The molecular weight excluding hydrogens is 258 g/mol. The van der Waals surface area contributed by atoms with E-state index in [1.165, 1.54) is 12.8 Å². The van der Waals surface area contributed by atoms with Crippen LogP contribution >= 0.6 is 0 Å². The van der Waals surface area contributed by atoms with Crippen LogP contribution in [0.5, 0.6) is 0 Å². The van der Waals surface area contributed by atoms with E-state index in [1.807, 2.05) is 4.90 Å². The number of carboxylic acid groups (broad SMARTS) is 1. The van der Waals surface area contributed by atoms with Gasteiger partial charge < -0.3 is 15.3 Å². The molecule has 2 fully saturated rings. The molecule has 2 heterocycles. The van der Waals surface area contributed by atoms with Crippen molar-refractivity contribution in [3.05, 3.63) is 0 Å². The van der Waals surface area contributed by atoms with Crippen molar-refractivity contribution in [2.24, 2.45) is 5.92 Å². The third-order valence-corrected chi connectivity index (χ3v) is 4.71. The van der Waals surface area contributed by atoms with E-state index in [1.54, 1.807) is 6.92 Å². The molecule has 2 bridgehead atoms. The number of carbonyl (C=O) groups is 2. The lowest BCUT2D eigenvalue weighted by Crippen LogP contribution is -2.45. The summed E-state index contributed by atoms with van der Waals surface area (Å²) < 4.78 is 0. The van der Waals surface area contributed by atoms with Gasteiger partial charge in [0, 0.05) is 31.7 Å². The van der Waals surface area contributed by atoms with Crippen LogP contribution in [0.2, 0.25) is 0 Å². The minimum atomic E-state index is -0.812. The number of aliphatic carboxylic acids is 1. The minimum Gasteiger partial charge on any atom is -0.481 e. The Morgan fingerprint density at radius 3 is 2.70 bits per heavy atom. The highest BCUT2D eigenvalue weighted by molar-refractivity contribution is 5.74. The lowest BCUT2D eigenvalue weighted by Gasteiger charge is -2.26. The van der Waals surface area contributed by atoms with E-state index in [0.717, 1.165) is 19.5 Å². The Kier molecular flexibility index (Phi) is 4.86. The van der Waals surface area contributed by atoms with Crippen LogP contribution < -0.4 is 5.32 Å². The normalized spacial score (nSPS) is 28.0. The van der Waals surface area contributed by atoms with Gasteiger partial charge in [0.2, 0.25) is 0 Å². The van der Waals surface area contributed by atoms with Crippen LogP contribution in [-0.2, 0) is 4.79 Å². The van der Waals surface area contributed by atoms with Crippen molar-refractivity contribution in [3.8, 4) is 0 Å². The molecular formula is C14H25N3O3.